The van der Waals surface area contributed by atoms with Crippen molar-refractivity contribution in [1.29, 1.82) is 0 Å². The molecule has 0 spiro atoms. The van der Waals surface area contributed by atoms with Gasteiger partial charge in [0, 0.05) is 26.3 Å². The summed E-state index contributed by atoms with van der Waals surface area (Å²) in [6.07, 6.45) is 1.64. The second kappa shape index (κ2) is 6.38. The van der Waals surface area contributed by atoms with Gasteiger partial charge in [-0.05, 0) is 13.0 Å². The predicted octanol–water partition coefficient (Wildman–Crippen LogP) is 1.08. The van der Waals surface area contributed by atoms with E-state index in [1.807, 2.05) is 25.1 Å². The van der Waals surface area contributed by atoms with Gasteiger partial charge in [0.2, 0.25) is 11.8 Å². The fraction of sp³-hybridized carbons (Fsp3) is 0.538. The molecule has 6 nitrogen and oxygen atoms in total. The summed E-state index contributed by atoms with van der Waals surface area (Å²) in [6.45, 7) is 3.59. The Balaban J connectivity index is 3.08. The molecule has 2 atom stereocenters. The summed E-state index contributed by atoms with van der Waals surface area (Å²) < 4.78 is 5.19. The first-order chi connectivity index (χ1) is 8.88. The Morgan fingerprint density at radius 2 is 2.11 bits per heavy atom. The maximum atomic E-state index is 12.1. The maximum Gasteiger partial charge on any atom is 0.239 e. The normalized spacial score (nSPS) is 13.6. The van der Waals surface area contributed by atoms with E-state index in [0.717, 1.165) is 5.69 Å². The van der Waals surface area contributed by atoms with Crippen molar-refractivity contribution in [3.05, 3.63) is 12.3 Å². The third kappa shape index (κ3) is 3.57. The van der Waals surface area contributed by atoms with Crippen molar-refractivity contribution in [2.24, 2.45) is 11.7 Å². The van der Waals surface area contributed by atoms with E-state index in [2.05, 4.69) is 10.3 Å². The van der Waals surface area contributed by atoms with E-state index >= 15 is 0 Å². The molecular weight excluding hydrogens is 244 g/mol. The Morgan fingerprint density at radius 3 is 2.58 bits per heavy atom. The predicted molar refractivity (Wildman–Crippen MR) is 76.6 cm³/mol. The van der Waals surface area contributed by atoms with Crippen LogP contribution >= 0.6 is 0 Å². The molecule has 106 valence electrons. The zero-order chi connectivity index (χ0) is 14.6. The van der Waals surface area contributed by atoms with Gasteiger partial charge in [-0.3, -0.25) is 4.79 Å². The van der Waals surface area contributed by atoms with Crippen LogP contribution in [0.1, 0.15) is 13.8 Å². The number of nitrogens with one attached hydrogen (secondary N) is 1. The van der Waals surface area contributed by atoms with Gasteiger partial charge in [0.15, 0.2) is 0 Å². The van der Waals surface area contributed by atoms with Gasteiger partial charge in [0.25, 0.3) is 0 Å². The van der Waals surface area contributed by atoms with Gasteiger partial charge in [-0.15, -0.1) is 0 Å². The molecule has 19 heavy (non-hydrogen) atoms. The van der Waals surface area contributed by atoms with E-state index in [1.54, 1.807) is 20.0 Å². The van der Waals surface area contributed by atoms with Crippen LogP contribution in [0.25, 0.3) is 0 Å². The van der Waals surface area contributed by atoms with Crippen molar-refractivity contribution in [3.8, 4) is 5.88 Å². The summed E-state index contributed by atoms with van der Waals surface area (Å²) in [5.41, 5.74) is 7.13. The van der Waals surface area contributed by atoms with Gasteiger partial charge in [0.1, 0.15) is 5.69 Å². The largest absolute Gasteiger partial charge is 0.479 e. The Hall–Kier alpha value is -1.82. The van der Waals surface area contributed by atoms with Crippen LogP contribution in [-0.4, -0.2) is 38.1 Å². The van der Waals surface area contributed by atoms with Crippen LogP contribution in [0.4, 0.5) is 11.4 Å². The summed E-state index contributed by atoms with van der Waals surface area (Å²) in [5.74, 6) is -0.0549. The van der Waals surface area contributed by atoms with E-state index in [4.69, 9.17) is 10.5 Å². The van der Waals surface area contributed by atoms with Crippen molar-refractivity contribution in [2.75, 3.05) is 31.4 Å². The average Bonchev–Trinajstić information content (AvgIpc) is 2.37. The van der Waals surface area contributed by atoms with Crippen molar-refractivity contribution in [3.63, 3.8) is 0 Å². The number of amides is 1. The number of hydrogen-bond donors (Lipinski definition) is 2. The zero-order valence-corrected chi connectivity index (χ0v) is 12.1. The monoisotopic (exact) mass is 266 g/mol. The molecule has 1 heterocycles. The lowest BCUT2D eigenvalue weighted by Crippen LogP contribution is -2.34. The maximum absolute atomic E-state index is 12.1. The molecule has 1 rings (SSSR count). The van der Waals surface area contributed by atoms with Crippen LogP contribution < -0.4 is 20.7 Å². The van der Waals surface area contributed by atoms with Crippen molar-refractivity contribution >= 4 is 17.3 Å². The summed E-state index contributed by atoms with van der Waals surface area (Å²) in [6, 6.07) is 1.60. The van der Waals surface area contributed by atoms with E-state index in [0.29, 0.717) is 11.6 Å². The molecule has 0 saturated heterocycles. The zero-order valence-electron chi connectivity index (χ0n) is 12.1. The fourth-order valence-electron chi connectivity index (χ4n) is 1.55. The van der Waals surface area contributed by atoms with Crippen molar-refractivity contribution in [1.82, 2.24) is 4.98 Å². The number of nitrogens with two attached hydrogens (primary N) is 1. The lowest BCUT2D eigenvalue weighted by Gasteiger charge is -2.21. The third-order valence-corrected chi connectivity index (χ3v) is 3.02. The van der Waals surface area contributed by atoms with Crippen molar-refractivity contribution < 1.29 is 9.53 Å². The quantitative estimate of drug-likeness (QED) is 0.833. The number of nitrogens with zero attached hydrogens (tertiary/aromatic N) is 2. The highest BCUT2D eigenvalue weighted by Gasteiger charge is 2.21. The molecule has 0 aromatic carbocycles. The van der Waals surface area contributed by atoms with Gasteiger partial charge in [-0.25, -0.2) is 4.98 Å². The Labute approximate surface area is 113 Å². The fourth-order valence-corrected chi connectivity index (χ4v) is 1.55. The molecule has 1 amide bonds. The molecule has 0 radical (unpaired) electrons. The Morgan fingerprint density at radius 1 is 1.47 bits per heavy atom. The molecule has 2 unspecified atom stereocenters. The molecular formula is C13H22N4O2. The number of anilines is 2. The van der Waals surface area contributed by atoms with Crippen LogP contribution in [-0.2, 0) is 4.79 Å². The molecule has 0 bridgehead atoms. The number of carbonyl (C=O) groups excluding carboxylic acids is 1. The van der Waals surface area contributed by atoms with E-state index < -0.39 is 0 Å². The minimum Gasteiger partial charge on any atom is -0.479 e. The Kier molecular flexibility index (Phi) is 5.11. The summed E-state index contributed by atoms with van der Waals surface area (Å²) in [7, 11) is 5.30. The first-order valence-electron chi connectivity index (χ1n) is 6.15. The van der Waals surface area contributed by atoms with E-state index in [-0.39, 0.29) is 17.9 Å². The molecule has 0 fully saturated rings. The standard InChI is InChI=1S/C13H22N4O2/c1-8(9(2)14)12(18)16-11-10(17(3)4)6-7-15-13(11)19-5/h6-9H,14H2,1-5H3,(H,16,18). The van der Waals surface area contributed by atoms with E-state index in [9.17, 15) is 4.79 Å². The van der Waals surface area contributed by atoms with Gasteiger partial charge in [-0.2, -0.15) is 0 Å². The highest BCUT2D eigenvalue weighted by molar-refractivity contribution is 5.97. The van der Waals surface area contributed by atoms with E-state index in [1.165, 1.54) is 7.11 Å². The molecule has 0 aliphatic heterocycles. The number of ether oxygens (including phenoxy) is 1. The number of methoxy groups -OCH3 is 1. The number of hydrogen-bond acceptors (Lipinski definition) is 5. The van der Waals surface area contributed by atoms with Crippen LogP contribution in [0.3, 0.4) is 0 Å². The highest BCUT2D eigenvalue weighted by atomic mass is 16.5. The first kappa shape index (κ1) is 15.2. The summed E-state index contributed by atoms with van der Waals surface area (Å²) >= 11 is 0. The SMILES string of the molecule is COc1nccc(N(C)C)c1NC(=O)C(C)C(C)N. The second-order valence-electron chi connectivity index (χ2n) is 4.75. The van der Waals surface area contributed by atoms with Gasteiger partial charge in [-0.1, -0.05) is 6.92 Å². The molecule has 3 N–H and O–H groups in total. The smallest absolute Gasteiger partial charge is 0.239 e. The van der Waals surface area contributed by atoms with Gasteiger partial charge < -0.3 is 20.7 Å². The molecule has 1 aromatic heterocycles. The van der Waals surface area contributed by atoms with Gasteiger partial charge >= 0.3 is 0 Å². The van der Waals surface area contributed by atoms with Crippen LogP contribution in [0.2, 0.25) is 0 Å². The number of aromatic nitrogens is 1. The second-order valence-corrected chi connectivity index (χ2v) is 4.75. The Bertz CT molecular complexity index is 446. The number of carbonyl (C=O) groups is 1. The first-order valence-corrected chi connectivity index (χ1v) is 6.15. The van der Waals surface area contributed by atoms with Gasteiger partial charge in [0.05, 0.1) is 18.7 Å². The van der Waals surface area contributed by atoms with Crippen LogP contribution in [0.5, 0.6) is 5.88 Å². The average molecular weight is 266 g/mol. The van der Waals surface area contributed by atoms with Crippen LogP contribution in [0, 0.1) is 5.92 Å². The van der Waals surface area contributed by atoms with Crippen molar-refractivity contribution in [2.45, 2.75) is 19.9 Å². The van der Waals surface area contributed by atoms with Crippen LogP contribution in [0.15, 0.2) is 12.3 Å². The minimum atomic E-state index is -0.292. The lowest BCUT2D eigenvalue weighted by atomic mass is 10.0. The highest BCUT2D eigenvalue weighted by Crippen LogP contribution is 2.32. The lowest BCUT2D eigenvalue weighted by molar-refractivity contribution is -0.119. The minimum absolute atomic E-state index is 0.149. The molecule has 0 aliphatic carbocycles. The third-order valence-electron chi connectivity index (χ3n) is 3.02. The topological polar surface area (TPSA) is 80.5 Å². The number of pyridine rings is 1. The summed E-state index contributed by atoms with van der Waals surface area (Å²) in [5, 5.41) is 2.84. The molecule has 6 heteroatoms. The molecule has 0 saturated carbocycles. The summed E-state index contributed by atoms with van der Waals surface area (Å²) in [4.78, 5) is 18.1. The molecule has 1 aromatic rings. The number of rotatable bonds is 5. The molecule has 0 aliphatic rings.